The molecule has 0 unspecified atom stereocenters. The predicted molar refractivity (Wildman–Crippen MR) is 125 cm³/mol. The third kappa shape index (κ3) is 2.59. The maximum atomic E-state index is 3.29. The van der Waals surface area contributed by atoms with Gasteiger partial charge >= 0.3 is 0 Å². The van der Waals surface area contributed by atoms with E-state index >= 15 is 0 Å². The number of hydrogen-bond acceptors (Lipinski definition) is 1. The lowest BCUT2D eigenvalue weighted by molar-refractivity contribution is 0.765. The van der Waals surface area contributed by atoms with Crippen molar-refractivity contribution < 1.29 is 0 Å². The molecule has 1 heterocycles. The van der Waals surface area contributed by atoms with Crippen molar-refractivity contribution in [2.75, 3.05) is 0 Å². The largest absolute Gasteiger partial charge is 0.309 e. The summed E-state index contributed by atoms with van der Waals surface area (Å²) in [4.78, 5) is 0. The standard InChI is InChI=1S/C20H12.C8H9N/c1-5-13-6-2-11-17-18-12-4-8-14-7-3-10-16(20(14)18)15(9-1)19(13)17;1-2-4-8-6-9-5-7(8)3-1/h1-12H;1-4,9H,5-6H2. The van der Waals surface area contributed by atoms with Crippen LogP contribution in [0.15, 0.2) is 97.1 Å². The lowest BCUT2D eigenvalue weighted by Gasteiger charge is -2.13. The van der Waals surface area contributed by atoms with E-state index in [1.807, 2.05) is 0 Å². The van der Waals surface area contributed by atoms with Crippen LogP contribution in [0.3, 0.4) is 0 Å². The summed E-state index contributed by atoms with van der Waals surface area (Å²) < 4.78 is 0. The van der Waals surface area contributed by atoms with Crippen LogP contribution in [0.2, 0.25) is 0 Å². The van der Waals surface area contributed by atoms with E-state index in [0.29, 0.717) is 0 Å². The van der Waals surface area contributed by atoms with Crippen LogP contribution < -0.4 is 5.32 Å². The summed E-state index contributed by atoms with van der Waals surface area (Å²) >= 11 is 0. The van der Waals surface area contributed by atoms with E-state index in [1.165, 1.54) is 54.2 Å². The Balaban J connectivity index is 0.000000154. The fraction of sp³-hybridized carbons (Fsp3) is 0.0714. The molecule has 0 atom stereocenters. The summed E-state index contributed by atoms with van der Waals surface area (Å²) in [6.07, 6.45) is 0. The Morgan fingerprint density at radius 2 is 0.793 bits per heavy atom. The first-order valence-electron chi connectivity index (χ1n) is 10.2. The van der Waals surface area contributed by atoms with Crippen LogP contribution in [0.4, 0.5) is 0 Å². The van der Waals surface area contributed by atoms with Crippen LogP contribution in [-0.2, 0) is 13.1 Å². The van der Waals surface area contributed by atoms with Crippen molar-refractivity contribution in [2.24, 2.45) is 0 Å². The molecule has 138 valence electrons. The van der Waals surface area contributed by atoms with Crippen LogP contribution in [0, 0.1) is 0 Å². The summed E-state index contributed by atoms with van der Waals surface area (Å²) in [5.74, 6) is 0. The molecular formula is C28H21N. The minimum absolute atomic E-state index is 1.05. The van der Waals surface area contributed by atoms with Crippen LogP contribution in [0.25, 0.3) is 43.1 Å². The highest BCUT2D eigenvalue weighted by Crippen LogP contribution is 2.39. The lowest BCUT2D eigenvalue weighted by atomic mass is 9.90. The molecule has 0 bridgehead atoms. The summed E-state index contributed by atoms with van der Waals surface area (Å²) in [6, 6.07) is 35.0. The summed E-state index contributed by atoms with van der Waals surface area (Å²) in [5, 5.41) is 14.2. The van der Waals surface area contributed by atoms with Gasteiger partial charge in [0.05, 0.1) is 0 Å². The molecule has 1 N–H and O–H groups in total. The van der Waals surface area contributed by atoms with Crippen molar-refractivity contribution >= 4 is 43.1 Å². The van der Waals surface area contributed by atoms with Gasteiger partial charge in [-0.05, 0) is 54.2 Å². The van der Waals surface area contributed by atoms with Crippen LogP contribution in [0.5, 0.6) is 0 Å². The Morgan fingerprint density at radius 1 is 0.414 bits per heavy atom. The molecule has 6 aromatic rings. The van der Waals surface area contributed by atoms with Crippen LogP contribution in [-0.4, -0.2) is 0 Å². The monoisotopic (exact) mass is 371 g/mol. The average Bonchev–Trinajstić information content (AvgIpc) is 3.27. The molecule has 1 aliphatic heterocycles. The average molecular weight is 371 g/mol. The third-order valence-electron chi connectivity index (χ3n) is 6.14. The van der Waals surface area contributed by atoms with Crippen molar-refractivity contribution in [1.82, 2.24) is 5.32 Å². The van der Waals surface area contributed by atoms with Gasteiger partial charge in [0.1, 0.15) is 0 Å². The smallest absolute Gasteiger partial charge is 0.0211 e. The molecule has 7 rings (SSSR count). The molecular weight excluding hydrogens is 350 g/mol. The Hall–Kier alpha value is -3.42. The zero-order valence-corrected chi connectivity index (χ0v) is 16.2. The van der Waals surface area contributed by atoms with Crippen molar-refractivity contribution in [3.05, 3.63) is 108 Å². The molecule has 1 aliphatic rings. The number of hydrogen-bond donors (Lipinski definition) is 1. The molecule has 0 aromatic heterocycles. The summed E-state index contributed by atoms with van der Waals surface area (Å²) in [7, 11) is 0. The molecule has 1 heteroatoms. The second-order valence-electron chi connectivity index (χ2n) is 7.79. The van der Waals surface area contributed by atoms with Gasteiger partial charge in [-0.3, -0.25) is 0 Å². The zero-order chi connectivity index (χ0) is 19.2. The fourth-order valence-electron chi connectivity index (χ4n) is 4.81. The third-order valence-corrected chi connectivity index (χ3v) is 6.14. The zero-order valence-electron chi connectivity index (χ0n) is 16.2. The topological polar surface area (TPSA) is 12.0 Å². The van der Waals surface area contributed by atoms with Gasteiger partial charge in [0.25, 0.3) is 0 Å². The Morgan fingerprint density at radius 3 is 1.17 bits per heavy atom. The Bertz CT molecular complexity index is 1290. The fourth-order valence-corrected chi connectivity index (χ4v) is 4.81. The van der Waals surface area contributed by atoms with Gasteiger partial charge in [-0.1, -0.05) is 97.1 Å². The van der Waals surface area contributed by atoms with Gasteiger partial charge in [-0.15, -0.1) is 0 Å². The minimum Gasteiger partial charge on any atom is -0.309 e. The van der Waals surface area contributed by atoms with Gasteiger partial charge in [0.2, 0.25) is 0 Å². The number of nitrogens with one attached hydrogen (secondary N) is 1. The number of benzene rings is 6. The molecule has 6 aromatic carbocycles. The van der Waals surface area contributed by atoms with Gasteiger partial charge in [0, 0.05) is 13.1 Å². The van der Waals surface area contributed by atoms with E-state index in [0.717, 1.165) is 13.1 Å². The van der Waals surface area contributed by atoms with Gasteiger partial charge < -0.3 is 5.32 Å². The molecule has 0 saturated carbocycles. The first-order valence-corrected chi connectivity index (χ1v) is 10.2. The molecule has 1 nitrogen and oxygen atoms in total. The molecule has 29 heavy (non-hydrogen) atoms. The van der Waals surface area contributed by atoms with E-state index < -0.39 is 0 Å². The maximum Gasteiger partial charge on any atom is 0.0211 e. The van der Waals surface area contributed by atoms with E-state index in [4.69, 9.17) is 0 Å². The van der Waals surface area contributed by atoms with Crippen molar-refractivity contribution in [3.63, 3.8) is 0 Å². The minimum atomic E-state index is 1.05. The van der Waals surface area contributed by atoms with Crippen LogP contribution in [0.1, 0.15) is 11.1 Å². The molecule has 0 saturated heterocycles. The normalized spacial score (nSPS) is 13.1. The number of fused-ring (bicyclic) bond motifs is 3. The lowest BCUT2D eigenvalue weighted by Crippen LogP contribution is -1.99. The van der Waals surface area contributed by atoms with E-state index in [9.17, 15) is 0 Å². The summed E-state index contributed by atoms with van der Waals surface area (Å²) in [6.45, 7) is 2.10. The summed E-state index contributed by atoms with van der Waals surface area (Å²) in [5.41, 5.74) is 2.91. The predicted octanol–water partition coefficient (Wildman–Crippen LogP) is 7.03. The van der Waals surface area contributed by atoms with Crippen molar-refractivity contribution in [2.45, 2.75) is 13.1 Å². The highest BCUT2D eigenvalue weighted by atomic mass is 14.9. The second-order valence-corrected chi connectivity index (χ2v) is 7.79. The van der Waals surface area contributed by atoms with E-state index in [-0.39, 0.29) is 0 Å². The SMILES string of the molecule is c1cc2cccc3c4cccc5cccc(c(c1)c23)c54.c1ccc2c(c1)CNC2. The highest BCUT2D eigenvalue weighted by molar-refractivity contribution is 6.32. The molecule has 0 amide bonds. The molecule has 0 radical (unpaired) electrons. The van der Waals surface area contributed by atoms with Crippen molar-refractivity contribution in [1.29, 1.82) is 0 Å². The highest BCUT2D eigenvalue weighted by Gasteiger charge is 2.11. The first kappa shape index (κ1) is 16.5. The molecule has 0 aliphatic carbocycles. The van der Waals surface area contributed by atoms with E-state index in [1.54, 1.807) is 0 Å². The second kappa shape index (κ2) is 6.58. The van der Waals surface area contributed by atoms with Gasteiger partial charge in [-0.2, -0.15) is 0 Å². The van der Waals surface area contributed by atoms with Gasteiger partial charge in [0.15, 0.2) is 0 Å². The maximum absolute atomic E-state index is 3.29. The van der Waals surface area contributed by atoms with Crippen LogP contribution >= 0.6 is 0 Å². The first-order chi connectivity index (χ1) is 14.4. The van der Waals surface area contributed by atoms with Gasteiger partial charge in [-0.25, -0.2) is 0 Å². The molecule has 0 fully saturated rings. The Labute approximate surface area is 169 Å². The molecule has 0 spiro atoms. The quantitative estimate of drug-likeness (QED) is 0.223. The Kier molecular flexibility index (Phi) is 3.75. The number of rotatable bonds is 0. The van der Waals surface area contributed by atoms with E-state index in [2.05, 4.69) is 102 Å². The van der Waals surface area contributed by atoms with Crippen molar-refractivity contribution in [3.8, 4) is 0 Å².